The highest BCUT2D eigenvalue weighted by molar-refractivity contribution is 5.82. The minimum absolute atomic E-state index is 0.00846. The molecule has 0 aliphatic carbocycles. The van der Waals surface area contributed by atoms with Gasteiger partial charge in [-0.15, -0.1) is 0 Å². The summed E-state index contributed by atoms with van der Waals surface area (Å²) in [6, 6.07) is 3.31. The molecule has 5 heteroatoms. The zero-order chi connectivity index (χ0) is 15.4. The van der Waals surface area contributed by atoms with Crippen LogP contribution >= 0.6 is 0 Å². The van der Waals surface area contributed by atoms with Crippen molar-refractivity contribution in [3.8, 4) is 0 Å². The molecule has 1 aromatic carbocycles. The van der Waals surface area contributed by atoms with Gasteiger partial charge in [0.2, 0.25) is 5.91 Å². The van der Waals surface area contributed by atoms with Gasteiger partial charge in [0, 0.05) is 7.05 Å². The lowest BCUT2D eigenvalue weighted by Crippen LogP contribution is -2.45. The highest BCUT2D eigenvalue weighted by Crippen LogP contribution is 2.22. The molecule has 0 saturated carbocycles. The molecule has 116 valence electrons. The average Bonchev–Trinajstić information content (AvgIpc) is 2.77. The number of hydrogen-bond donors (Lipinski definition) is 1. The van der Waals surface area contributed by atoms with Gasteiger partial charge in [0.05, 0.1) is 12.1 Å². The zero-order valence-electron chi connectivity index (χ0n) is 12.5. The van der Waals surface area contributed by atoms with Crippen LogP contribution in [-0.2, 0) is 4.79 Å². The largest absolute Gasteiger partial charge is 0.338 e. The first kappa shape index (κ1) is 15.9. The molecule has 2 unspecified atom stereocenters. The van der Waals surface area contributed by atoms with E-state index in [0.717, 1.165) is 44.4 Å². The summed E-state index contributed by atoms with van der Waals surface area (Å²) in [4.78, 5) is 14.1. The van der Waals surface area contributed by atoms with Crippen LogP contribution in [0.1, 0.15) is 44.2 Å². The number of likely N-dealkylation sites (N-methyl/N-ethyl adjacent to an activating group) is 1. The van der Waals surface area contributed by atoms with E-state index >= 15 is 0 Å². The van der Waals surface area contributed by atoms with Gasteiger partial charge in [-0.1, -0.05) is 18.9 Å². The summed E-state index contributed by atoms with van der Waals surface area (Å²) < 4.78 is 26.3. The number of benzene rings is 1. The maximum absolute atomic E-state index is 13.3. The molecular weight excluding hydrogens is 274 g/mol. The van der Waals surface area contributed by atoms with Crippen molar-refractivity contribution in [1.29, 1.82) is 0 Å². The van der Waals surface area contributed by atoms with Gasteiger partial charge in [-0.25, -0.2) is 8.78 Å². The monoisotopic (exact) mass is 296 g/mol. The van der Waals surface area contributed by atoms with Crippen molar-refractivity contribution in [3.63, 3.8) is 0 Å². The molecule has 1 aromatic rings. The maximum Gasteiger partial charge on any atom is 0.239 e. The van der Waals surface area contributed by atoms with Crippen LogP contribution in [0.4, 0.5) is 8.78 Å². The number of halogens is 2. The van der Waals surface area contributed by atoms with Crippen molar-refractivity contribution < 1.29 is 13.6 Å². The Labute approximate surface area is 124 Å². The van der Waals surface area contributed by atoms with E-state index in [9.17, 15) is 13.6 Å². The summed E-state index contributed by atoms with van der Waals surface area (Å²) in [6.07, 6.45) is 4.09. The standard InChI is InChI=1S/C16H22F2N2O/c1-11(12-7-8-13(17)14(18)10-12)20(2)16(21)15-6-4-3-5-9-19-15/h7-8,10-11,15,19H,3-6,9H2,1-2H3. The second-order valence-electron chi connectivity index (χ2n) is 5.65. The molecule has 0 radical (unpaired) electrons. The summed E-state index contributed by atoms with van der Waals surface area (Å²) in [7, 11) is 1.71. The summed E-state index contributed by atoms with van der Waals surface area (Å²) in [5, 5.41) is 3.26. The van der Waals surface area contributed by atoms with E-state index in [2.05, 4.69) is 5.32 Å². The minimum atomic E-state index is -0.882. The SMILES string of the molecule is CC(c1ccc(F)c(F)c1)N(C)C(=O)C1CCCCCN1. The number of amides is 1. The molecule has 1 aliphatic rings. The van der Waals surface area contributed by atoms with Crippen LogP contribution in [-0.4, -0.2) is 30.4 Å². The molecule has 0 bridgehead atoms. The third kappa shape index (κ3) is 3.79. The zero-order valence-corrected chi connectivity index (χ0v) is 12.5. The van der Waals surface area contributed by atoms with E-state index < -0.39 is 11.6 Å². The quantitative estimate of drug-likeness (QED) is 0.930. The van der Waals surface area contributed by atoms with Gasteiger partial charge in [-0.05, 0) is 44.0 Å². The fourth-order valence-electron chi connectivity index (χ4n) is 2.67. The molecule has 2 rings (SSSR count). The first-order valence-corrected chi connectivity index (χ1v) is 7.45. The Morgan fingerprint density at radius 1 is 1.29 bits per heavy atom. The second kappa shape index (κ2) is 6.98. The molecule has 1 saturated heterocycles. The Bertz CT molecular complexity index is 499. The molecule has 21 heavy (non-hydrogen) atoms. The van der Waals surface area contributed by atoms with Gasteiger partial charge in [0.1, 0.15) is 0 Å². The molecule has 1 amide bonds. The van der Waals surface area contributed by atoms with Gasteiger partial charge in [-0.2, -0.15) is 0 Å². The molecule has 0 spiro atoms. The smallest absolute Gasteiger partial charge is 0.239 e. The number of carbonyl (C=O) groups excluding carboxylic acids is 1. The molecule has 1 heterocycles. The van der Waals surface area contributed by atoms with E-state index in [1.54, 1.807) is 11.9 Å². The van der Waals surface area contributed by atoms with Crippen LogP contribution in [0.15, 0.2) is 18.2 Å². The van der Waals surface area contributed by atoms with E-state index in [4.69, 9.17) is 0 Å². The van der Waals surface area contributed by atoms with E-state index in [0.29, 0.717) is 5.56 Å². The summed E-state index contributed by atoms with van der Waals surface area (Å²) in [6.45, 7) is 2.67. The predicted octanol–water partition coefficient (Wildman–Crippen LogP) is 3.02. The number of nitrogens with one attached hydrogen (secondary N) is 1. The molecule has 1 aliphatic heterocycles. The van der Waals surface area contributed by atoms with E-state index in [1.807, 2.05) is 6.92 Å². The van der Waals surface area contributed by atoms with E-state index in [-0.39, 0.29) is 18.0 Å². The van der Waals surface area contributed by atoms with Crippen molar-refractivity contribution in [2.45, 2.75) is 44.7 Å². The lowest BCUT2D eigenvalue weighted by molar-refractivity contribution is -0.134. The van der Waals surface area contributed by atoms with Crippen molar-refractivity contribution >= 4 is 5.91 Å². The Hall–Kier alpha value is -1.49. The van der Waals surface area contributed by atoms with Crippen molar-refractivity contribution in [2.24, 2.45) is 0 Å². The highest BCUT2D eigenvalue weighted by atomic mass is 19.2. The number of nitrogens with zero attached hydrogens (tertiary/aromatic N) is 1. The number of hydrogen-bond acceptors (Lipinski definition) is 2. The lowest BCUT2D eigenvalue weighted by Gasteiger charge is -2.29. The van der Waals surface area contributed by atoms with Crippen LogP contribution in [0.3, 0.4) is 0 Å². The number of rotatable bonds is 3. The van der Waals surface area contributed by atoms with Crippen LogP contribution in [0.5, 0.6) is 0 Å². The fraction of sp³-hybridized carbons (Fsp3) is 0.562. The Balaban J connectivity index is 2.08. The van der Waals surface area contributed by atoms with Gasteiger partial charge >= 0.3 is 0 Å². The third-order valence-electron chi connectivity index (χ3n) is 4.21. The molecule has 1 N–H and O–H groups in total. The van der Waals surface area contributed by atoms with Crippen molar-refractivity contribution in [1.82, 2.24) is 10.2 Å². The number of carbonyl (C=O) groups is 1. The molecule has 3 nitrogen and oxygen atoms in total. The summed E-state index contributed by atoms with van der Waals surface area (Å²) in [5.74, 6) is -1.74. The minimum Gasteiger partial charge on any atom is -0.338 e. The van der Waals surface area contributed by atoms with E-state index in [1.165, 1.54) is 6.07 Å². The predicted molar refractivity (Wildman–Crippen MR) is 77.8 cm³/mol. The first-order valence-electron chi connectivity index (χ1n) is 7.45. The van der Waals surface area contributed by atoms with Crippen LogP contribution in [0, 0.1) is 11.6 Å². The second-order valence-corrected chi connectivity index (χ2v) is 5.65. The van der Waals surface area contributed by atoms with Crippen LogP contribution in [0.2, 0.25) is 0 Å². The first-order chi connectivity index (χ1) is 10.0. The Morgan fingerprint density at radius 2 is 2.05 bits per heavy atom. The average molecular weight is 296 g/mol. The highest BCUT2D eigenvalue weighted by Gasteiger charge is 2.26. The van der Waals surface area contributed by atoms with Crippen molar-refractivity contribution in [2.75, 3.05) is 13.6 Å². The fourth-order valence-corrected chi connectivity index (χ4v) is 2.67. The third-order valence-corrected chi connectivity index (χ3v) is 4.21. The summed E-state index contributed by atoms with van der Waals surface area (Å²) >= 11 is 0. The van der Waals surface area contributed by atoms with Crippen LogP contribution in [0.25, 0.3) is 0 Å². The molecular formula is C16H22F2N2O. The van der Waals surface area contributed by atoms with Crippen LogP contribution < -0.4 is 5.32 Å². The Kier molecular flexibility index (Phi) is 5.28. The molecule has 0 aromatic heterocycles. The van der Waals surface area contributed by atoms with Gasteiger partial charge in [-0.3, -0.25) is 4.79 Å². The van der Waals surface area contributed by atoms with Gasteiger partial charge in [0.25, 0.3) is 0 Å². The van der Waals surface area contributed by atoms with Crippen molar-refractivity contribution in [3.05, 3.63) is 35.4 Å². The Morgan fingerprint density at radius 3 is 2.76 bits per heavy atom. The molecule has 1 fully saturated rings. The van der Waals surface area contributed by atoms with Gasteiger partial charge < -0.3 is 10.2 Å². The summed E-state index contributed by atoms with van der Waals surface area (Å²) in [5.41, 5.74) is 0.596. The maximum atomic E-state index is 13.3. The lowest BCUT2D eigenvalue weighted by atomic mass is 10.0. The normalized spacial score (nSPS) is 20.7. The van der Waals surface area contributed by atoms with Gasteiger partial charge in [0.15, 0.2) is 11.6 Å². The topological polar surface area (TPSA) is 32.3 Å². The molecule has 2 atom stereocenters.